The van der Waals surface area contributed by atoms with Crippen molar-refractivity contribution in [3.8, 4) is 0 Å². The molecule has 4 aliphatic heterocycles. The number of aliphatic hydroxyl groups excluding tert-OH is 2. The maximum atomic E-state index is 13.8. The van der Waals surface area contributed by atoms with Gasteiger partial charge in [0.1, 0.15) is 23.4 Å². The molecule has 11 atom stereocenters. The van der Waals surface area contributed by atoms with Crippen molar-refractivity contribution in [3.05, 3.63) is 12.2 Å². The van der Waals surface area contributed by atoms with Crippen LogP contribution in [0.3, 0.4) is 0 Å². The SMILES string of the molecule is C=C(C)[C@@H]1CC[C@H]2[C@@]34COC5(OC(C)(C)O[C@H]1[C@@]25C(C)=O)[C@@H](O)[C@@H]3C(C)(C)[C@@H](O)[C@H]1O[C@H]14. The van der Waals surface area contributed by atoms with E-state index in [-0.39, 0.29) is 35.7 Å². The number of hydrogen-bond acceptors (Lipinski definition) is 7. The van der Waals surface area contributed by atoms with Gasteiger partial charge in [0.15, 0.2) is 5.79 Å². The van der Waals surface area contributed by atoms with E-state index < -0.39 is 46.1 Å². The van der Waals surface area contributed by atoms with E-state index >= 15 is 0 Å². The topological polar surface area (TPSA) is 97.8 Å². The minimum Gasteiger partial charge on any atom is -0.390 e. The first-order chi connectivity index (χ1) is 14.8. The summed E-state index contributed by atoms with van der Waals surface area (Å²) in [5.74, 6) is -3.21. The van der Waals surface area contributed by atoms with Crippen molar-refractivity contribution in [2.75, 3.05) is 6.61 Å². The second-order valence-electron chi connectivity index (χ2n) is 12.3. The molecule has 0 amide bonds. The standard InChI is InChI=1S/C25H36O7/c1-11(2)13-8-9-14-23-10-29-25(24(14,12(3)26)19(13)31-22(6,7)32-25)18(28)16(23)21(4,5)17(27)15-20(23)30-15/h13-20,27-28H,1,8-10H2,2-7H3/t13-,14-,15+,16+,17-,18-,19+,20+,23-,24+,25?/m0/s1. The van der Waals surface area contributed by atoms with Crippen LogP contribution >= 0.6 is 0 Å². The number of Topliss-reactive ketones (excluding diaryl/α,β-unsaturated/α-hetero) is 1. The van der Waals surface area contributed by atoms with E-state index in [0.29, 0.717) is 6.61 Å². The minimum atomic E-state index is -1.55. The Labute approximate surface area is 189 Å². The van der Waals surface area contributed by atoms with Gasteiger partial charge in [0.2, 0.25) is 5.79 Å². The number of hydrogen-bond donors (Lipinski definition) is 2. The van der Waals surface area contributed by atoms with Gasteiger partial charge in [0.05, 0.1) is 24.9 Å². The molecule has 3 aliphatic carbocycles. The fraction of sp³-hybridized carbons (Fsp3) is 0.880. The van der Waals surface area contributed by atoms with Crippen molar-refractivity contribution in [1.29, 1.82) is 0 Å². The molecule has 2 N–H and O–H groups in total. The lowest BCUT2D eigenvalue weighted by Gasteiger charge is -2.78. The Morgan fingerprint density at radius 1 is 1.03 bits per heavy atom. The number of ether oxygens (including phenoxy) is 4. The van der Waals surface area contributed by atoms with Crippen molar-refractivity contribution in [2.45, 2.75) is 96.5 Å². The molecule has 2 spiro atoms. The zero-order valence-electron chi connectivity index (χ0n) is 19.9. The molecule has 7 rings (SSSR count). The molecule has 7 heteroatoms. The quantitative estimate of drug-likeness (QED) is 0.494. The summed E-state index contributed by atoms with van der Waals surface area (Å²) in [5.41, 5.74) is -1.43. The third-order valence-electron chi connectivity index (χ3n) is 10.1. The van der Waals surface area contributed by atoms with Crippen LogP contribution in [0.2, 0.25) is 0 Å². The van der Waals surface area contributed by atoms with E-state index in [9.17, 15) is 15.0 Å². The highest BCUT2D eigenvalue weighted by Gasteiger charge is 2.90. The predicted octanol–water partition coefficient (Wildman–Crippen LogP) is 2.19. The van der Waals surface area contributed by atoms with Crippen molar-refractivity contribution in [2.24, 2.45) is 34.0 Å². The van der Waals surface area contributed by atoms with Gasteiger partial charge in [-0.3, -0.25) is 4.79 Å². The fourth-order valence-electron chi connectivity index (χ4n) is 9.18. The third kappa shape index (κ3) is 2.02. The van der Waals surface area contributed by atoms with Gasteiger partial charge < -0.3 is 29.2 Å². The molecule has 0 aromatic carbocycles. The number of ketones is 1. The monoisotopic (exact) mass is 448 g/mol. The van der Waals surface area contributed by atoms with Gasteiger partial charge >= 0.3 is 0 Å². The van der Waals surface area contributed by atoms with E-state index in [1.54, 1.807) is 6.92 Å². The van der Waals surface area contributed by atoms with Crippen LogP contribution in [-0.2, 0) is 23.7 Å². The van der Waals surface area contributed by atoms with Crippen LogP contribution in [0.5, 0.6) is 0 Å². The smallest absolute Gasteiger partial charge is 0.213 e. The highest BCUT2D eigenvalue weighted by atomic mass is 16.8. The number of carbonyl (C=O) groups excluding carboxylic acids is 1. The van der Waals surface area contributed by atoms with Gasteiger partial charge in [-0.15, -0.1) is 0 Å². The molecule has 3 saturated carbocycles. The normalized spacial score (nSPS) is 58.2. The molecule has 4 heterocycles. The second kappa shape index (κ2) is 5.86. The van der Waals surface area contributed by atoms with E-state index in [4.69, 9.17) is 18.9 Å². The van der Waals surface area contributed by atoms with Crippen LogP contribution in [0.25, 0.3) is 0 Å². The molecule has 7 nitrogen and oxygen atoms in total. The number of carbonyl (C=O) groups is 1. The molecule has 4 saturated heterocycles. The van der Waals surface area contributed by atoms with E-state index in [1.807, 2.05) is 34.6 Å². The van der Waals surface area contributed by atoms with E-state index in [1.165, 1.54) is 0 Å². The molecule has 0 radical (unpaired) electrons. The fourth-order valence-corrected chi connectivity index (χ4v) is 9.18. The van der Waals surface area contributed by atoms with E-state index in [2.05, 4.69) is 6.58 Å². The van der Waals surface area contributed by atoms with Crippen LogP contribution in [0.1, 0.15) is 54.4 Å². The zero-order chi connectivity index (χ0) is 23.2. The van der Waals surface area contributed by atoms with Crippen molar-refractivity contribution in [3.63, 3.8) is 0 Å². The van der Waals surface area contributed by atoms with Gasteiger partial charge in [0, 0.05) is 17.3 Å². The summed E-state index contributed by atoms with van der Waals surface area (Å²) in [7, 11) is 0. The Kier molecular flexibility index (Phi) is 3.97. The molecular formula is C25H36O7. The molecule has 32 heavy (non-hydrogen) atoms. The van der Waals surface area contributed by atoms with Crippen molar-refractivity contribution >= 4 is 5.78 Å². The average Bonchev–Trinajstić information content (AvgIpc) is 3.47. The Bertz CT molecular complexity index is 912. The Morgan fingerprint density at radius 2 is 1.72 bits per heavy atom. The molecule has 1 unspecified atom stereocenters. The maximum Gasteiger partial charge on any atom is 0.213 e. The summed E-state index contributed by atoms with van der Waals surface area (Å²) in [6.07, 6.45) is -1.26. The summed E-state index contributed by atoms with van der Waals surface area (Å²) in [5, 5.41) is 23.3. The van der Waals surface area contributed by atoms with Crippen LogP contribution in [0, 0.1) is 34.0 Å². The Hall–Kier alpha value is -0.830. The molecule has 0 aromatic rings. The van der Waals surface area contributed by atoms with Crippen LogP contribution < -0.4 is 0 Å². The van der Waals surface area contributed by atoms with Gasteiger partial charge in [-0.25, -0.2) is 0 Å². The maximum absolute atomic E-state index is 13.8. The van der Waals surface area contributed by atoms with Crippen LogP contribution in [0.15, 0.2) is 12.2 Å². The summed E-state index contributed by atoms with van der Waals surface area (Å²) < 4.78 is 25.8. The molecule has 2 bridgehead atoms. The number of aliphatic hydroxyl groups is 2. The van der Waals surface area contributed by atoms with Crippen molar-refractivity contribution < 1.29 is 34.0 Å². The minimum absolute atomic E-state index is 0.0432. The molecular weight excluding hydrogens is 412 g/mol. The van der Waals surface area contributed by atoms with Gasteiger partial charge in [0.25, 0.3) is 0 Å². The Balaban J connectivity index is 1.65. The van der Waals surface area contributed by atoms with Crippen molar-refractivity contribution in [1.82, 2.24) is 0 Å². The molecule has 7 fully saturated rings. The second-order valence-corrected chi connectivity index (χ2v) is 12.3. The molecule has 178 valence electrons. The number of rotatable bonds is 2. The highest BCUT2D eigenvalue weighted by molar-refractivity contribution is 5.86. The highest BCUT2D eigenvalue weighted by Crippen LogP contribution is 2.79. The van der Waals surface area contributed by atoms with Crippen LogP contribution in [-0.4, -0.2) is 64.7 Å². The summed E-state index contributed by atoms with van der Waals surface area (Å²) in [6.45, 7) is 15.8. The lowest BCUT2D eigenvalue weighted by Crippen LogP contribution is -2.90. The van der Waals surface area contributed by atoms with Crippen LogP contribution in [0.4, 0.5) is 0 Å². The van der Waals surface area contributed by atoms with E-state index in [0.717, 1.165) is 18.4 Å². The average molecular weight is 449 g/mol. The molecule has 7 aliphatic rings. The first-order valence-electron chi connectivity index (χ1n) is 12.0. The third-order valence-corrected chi connectivity index (χ3v) is 10.1. The number of epoxide rings is 1. The van der Waals surface area contributed by atoms with Gasteiger partial charge in [-0.2, -0.15) is 0 Å². The lowest BCUT2D eigenvalue weighted by molar-refractivity contribution is -0.534. The first-order valence-corrected chi connectivity index (χ1v) is 12.0. The first kappa shape index (κ1) is 21.7. The largest absolute Gasteiger partial charge is 0.390 e. The lowest BCUT2D eigenvalue weighted by atomic mass is 9.34. The zero-order valence-corrected chi connectivity index (χ0v) is 19.9. The molecule has 0 aromatic heterocycles. The van der Waals surface area contributed by atoms with Gasteiger partial charge in [-0.05, 0) is 51.9 Å². The predicted molar refractivity (Wildman–Crippen MR) is 113 cm³/mol. The summed E-state index contributed by atoms with van der Waals surface area (Å²) >= 11 is 0. The Morgan fingerprint density at radius 3 is 2.34 bits per heavy atom. The summed E-state index contributed by atoms with van der Waals surface area (Å²) in [6, 6.07) is 0. The number of fused-ring (bicyclic) bond motifs is 2. The summed E-state index contributed by atoms with van der Waals surface area (Å²) in [4.78, 5) is 13.8. The van der Waals surface area contributed by atoms with Gasteiger partial charge in [-0.1, -0.05) is 26.0 Å².